The van der Waals surface area contributed by atoms with Crippen LogP contribution in [0.25, 0.3) is 0 Å². The van der Waals surface area contributed by atoms with Crippen LogP contribution in [0.3, 0.4) is 0 Å². The summed E-state index contributed by atoms with van der Waals surface area (Å²) in [4.78, 5) is 0. The molecule has 0 N–H and O–H groups in total. The van der Waals surface area contributed by atoms with E-state index in [2.05, 4.69) is 49.5 Å². The minimum Gasteiger partial charge on any atom is -0.131 e. The van der Waals surface area contributed by atoms with Crippen molar-refractivity contribution >= 4 is 25.0 Å². The second kappa shape index (κ2) is 3.35. The van der Waals surface area contributed by atoms with Crippen molar-refractivity contribution in [3.8, 4) is 0 Å². The van der Waals surface area contributed by atoms with Crippen molar-refractivity contribution < 1.29 is 0 Å². The van der Waals surface area contributed by atoms with Gasteiger partial charge in [0.25, 0.3) is 0 Å². The highest BCUT2D eigenvalue weighted by molar-refractivity contribution is 8.07. The van der Waals surface area contributed by atoms with E-state index in [0.717, 1.165) is 0 Å². The topological polar surface area (TPSA) is 0 Å². The van der Waals surface area contributed by atoms with Crippen LogP contribution in [-0.4, -0.2) is 13.8 Å². The first-order valence-corrected chi connectivity index (χ1v) is 8.59. The Hall–Kier alpha value is -0.473. The monoisotopic (exact) mass is 206 g/mol. The van der Waals surface area contributed by atoms with Crippen molar-refractivity contribution in [1.82, 2.24) is 0 Å². The lowest BCUT2D eigenvalue weighted by Gasteiger charge is -2.30. The highest BCUT2D eigenvalue weighted by atomic mass is 32.2. The molecule has 0 radical (unpaired) electrons. The fraction of sp³-hybridized carbons (Fsp3) is 0.273. The average molecular weight is 206 g/mol. The third-order valence-corrected chi connectivity index (χ3v) is 8.61. The van der Waals surface area contributed by atoms with Crippen LogP contribution >= 0.6 is 11.8 Å². The molecule has 0 bridgehead atoms. The molecule has 0 fully saturated rings. The normalized spacial score (nSPS) is 16.3. The molecule has 0 nitrogen and oxygen atoms in total. The SMILES string of the molecule is C[Si](C)(C1=CCS1)c1ccccc1. The number of benzene rings is 1. The summed E-state index contributed by atoms with van der Waals surface area (Å²) in [5.74, 6) is 1.22. The molecular formula is C11H14SSi. The summed E-state index contributed by atoms with van der Waals surface area (Å²) in [7, 11) is -1.27. The molecule has 1 aliphatic heterocycles. The highest BCUT2D eigenvalue weighted by Gasteiger charge is 2.30. The number of hydrogen-bond donors (Lipinski definition) is 0. The van der Waals surface area contributed by atoms with E-state index in [0.29, 0.717) is 0 Å². The summed E-state index contributed by atoms with van der Waals surface area (Å²) in [6, 6.07) is 10.9. The van der Waals surface area contributed by atoms with Gasteiger partial charge in [-0.1, -0.05) is 54.7 Å². The van der Waals surface area contributed by atoms with Crippen LogP contribution in [0, 0.1) is 0 Å². The van der Waals surface area contributed by atoms with Crippen molar-refractivity contribution in [3.05, 3.63) is 40.9 Å². The summed E-state index contributed by atoms with van der Waals surface area (Å²) in [5, 5.41) is 1.55. The first-order valence-electron chi connectivity index (χ1n) is 4.60. The van der Waals surface area contributed by atoms with Gasteiger partial charge in [0.15, 0.2) is 0 Å². The Kier molecular flexibility index (Phi) is 2.34. The second-order valence-corrected chi connectivity index (χ2v) is 9.66. The van der Waals surface area contributed by atoms with Crippen LogP contribution in [0.4, 0.5) is 0 Å². The van der Waals surface area contributed by atoms with Gasteiger partial charge in [-0.25, -0.2) is 0 Å². The van der Waals surface area contributed by atoms with Gasteiger partial charge in [0.2, 0.25) is 0 Å². The fourth-order valence-corrected chi connectivity index (χ4v) is 6.05. The van der Waals surface area contributed by atoms with Gasteiger partial charge in [-0.05, 0) is 4.53 Å². The fourth-order valence-electron chi connectivity index (χ4n) is 1.60. The summed E-state index contributed by atoms with van der Waals surface area (Å²) >= 11 is 2.03. The van der Waals surface area contributed by atoms with Crippen LogP contribution in [0.15, 0.2) is 40.9 Å². The van der Waals surface area contributed by atoms with Gasteiger partial charge < -0.3 is 0 Å². The molecule has 1 aromatic rings. The molecule has 1 heterocycles. The number of rotatable bonds is 2. The first-order chi connectivity index (χ1) is 6.21. The third kappa shape index (κ3) is 1.61. The maximum atomic E-state index is 2.43. The van der Waals surface area contributed by atoms with Gasteiger partial charge >= 0.3 is 0 Å². The predicted octanol–water partition coefficient (Wildman–Crippen LogP) is 2.77. The van der Waals surface area contributed by atoms with Crippen molar-refractivity contribution in [2.45, 2.75) is 13.1 Å². The predicted molar refractivity (Wildman–Crippen MR) is 64.1 cm³/mol. The first kappa shape index (κ1) is 9.10. The van der Waals surface area contributed by atoms with Crippen molar-refractivity contribution in [1.29, 1.82) is 0 Å². The number of thioether (sulfide) groups is 1. The highest BCUT2D eigenvalue weighted by Crippen LogP contribution is 2.33. The van der Waals surface area contributed by atoms with E-state index in [9.17, 15) is 0 Å². The van der Waals surface area contributed by atoms with Gasteiger partial charge in [0.1, 0.15) is 8.07 Å². The molecule has 0 spiro atoms. The lowest BCUT2D eigenvalue weighted by Crippen LogP contribution is -2.44. The van der Waals surface area contributed by atoms with E-state index in [1.165, 1.54) is 5.75 Å². The Labute approximate surface area is 85.1 Å². The molecule has 1 aromatic carbocycles. The van der Waals surface area contributed by atoms with E-state index in [-0.39, 0.29) is 0 Å². The Bertz CT molecular complexity index is 327. The van der Waals surface area contributed by atoms with E-state index in [1.54, 1.807) is 9.72 Å². The van der Waals surface area contributed by atoms with Gasteiger partial charge in [-0.2, -0.15) is 0 Å². The molecule has 0 unspecified atom stereocenters. The van der Waals surface area contributed by atoms with E-state index >= 15 is 0 Å². The standard InChI is InChI=1S/C11H14SSi/c1-13(2,11-8-9-12-11)10-6-4-3-5-7-10/h3-8H,9H2,1-2H3. The number of hydrogen-bond acceptors (Lipinski definition) is 1. The van der Waals surface area contributed by atoms with Crippen LogP contribution in [0.2, 0.25) is 13.1 Å². The second-order valence-electron chi connectivity index (χ2n) is 3.87. The molecule has 0 amide bonds. The third-order valence-electron chi connectivity index (χ3n) is 2.62. The summed E-state index contributed by atoms with van der Waals surface area (Å²) < 4.78 is 1.65. The molecule has 0 saturated heterocycles. The molecular weight excluding hydrogens is 192 g/mol. The van der Waals surface area contributed by atoms with Crippen molar-refractivity contribution in [2.24, 2.45) is 0 Å². The van der Waals surface area contributed by atoms with Crippen molar-refractivity contribution in [3.63, 3.8) is 0 Å². The van der Waals surface area contributed by atoms with Gasteiger partial charge in [-0.15, -0.1) is 11.8 Å². The van der Waals surface area contributed by atoms with Crippen LogP contribution in [0.5, 0.6) is 0 Å². The van der Waals surface area contributed by atoms with E-state index in [1.807, 2.05) is 11.8 Å². The smallest absolute Gasteiger partial charge is 0.119 e. The molecule has 0 saturated carbocycles. The lowest BCUT2D eigenvalue weighted by molar-refractivity contribution is 1.63. The van der Waals surface area contributed by atoms with Gasteiger partial charge in [0.05, 0.1) is 0 Å². The van der Waals surface area contributed by atoms with Crippen LogP contribution in [-0.2, 0) is 0 Å². The van der Waals surface area contributed by atoms with Crippen LogP contribution < -0.4 is 5.19 Å². The Balaban J connectivity index is 2.34. The molecule has 0 aromatic heterocycles. The minimum absolute atomic E-state index is 1.22. The molecule has 0 atom stereocenters. The van der Waals surface area contributed by atoms with E-state index < -0.39 is 8.07 Å². The zero-order valence-corrected chi connectivity index (χ0v) is 9.90. The molecule has 0 aliphatic carbocycles. The zero-order chi connectivity index (χ0) is 9.31. The Morgan fingerprint density at radius 2 is 1.77 bits per heavy atom. The zero-order valence-electron chi connectivity index (χ0n) is 8.08. The van der Waals surface area contributed by atoms with Gasteiger partial charge in [0, 0.05) is 5.75 Å². The largest absolute Gasteiger partial charge is 0.131 e. The maximum absolute atomic E-state index is 2.43. The molecule has 13 heavy (non-hydrogen) atoms. The molecule has 68 valence electrons. The summed E-state index contributed by atoms with van der Waals surface area (Å²) in [6.07, 6.45) is 2.39. The van der Waals surface area contributed by atoms with Gasteiger partial charge in [-0.3, -0.25) is 0 Å². The molecule has 2 rings (SSSR count). The Morgan fingerprint density at radius 1 is 1.15 bits per heavy atom. The van der Waals surface area contributed by atoms with E-state index in [4.69, 9.17) is 0 Å². The lowest BCUT2D eigenvalue weighted by atomic mass is 10.4. The summed E-state index contributed by atoms with van der Waals surface area (Å²) in [5.41, 5.74) is 0. The minimum atomic E-state index is -1.27. The van der Waals surface area contributed by atoms with Crippen LogP contribution in [0.1, 0.15) is 0 Å². The maximum Gasteiger partial charge on any atom is 0.119 e. The Morgan fingerprint density at radius 3 is 2.23 bits per heavy atom. The molecule has 2 heteroatoms. The quantitative estimate of drug-likeness (QED) is 0.671. The van der Waals surface area contributed by atoms with Crippen molar-refractivity contribution in [2.75, 3.05) is 5.75 Å². The average Bonchev–Trinajstić information content (AvgIpc) is 2.02. The molecule has 1 aliphatic rings. The summed E-state index contributed by atoms with van der Waals surface area (Å²) in [6.45, 7) is 4.86.